The smallest absolute Gasteiger partial charge is 0.0160 e. The van der Waals surface area contributed by atoms with E-state index >= 15 is 0 Å². The molecule has 0 aromatic rings. The summed E-state index contributed by atoms with van der Waals surface area (Å²) in [5.41, 5.74) is 0. The zero-order valence-corrected chi connectivity index (χ0v) is 8.80. The summed E-state index contributed by atoms with van der Waals surface area (Å²) < 4.78 is 0. The van der Waals surface area contributed by atoms with Gasteiger partial charge in [-0.3, -0.25) is 0 Å². The van der Waals surface area contributed by atoms with Gasteiger partial charge >= 0.3 is 0 Å². The lowest BCUT2D eigenvalue weighted by Gasteiger charge is -2.19. The van der Waals surface area contributed by atoms with Crippen LogP contribution in [-0.2, 0) is 0 Å². The van der Waals surface area contributed by atoms with Gasteiger partial charge in [0.1, 0.15) is 0 Å². The summed E-state index contributed by atoms with van der Waals surface area (Å²) >= 11 is 0. The molecule has 0 aliphatic rings. The van der Waals surface area contributed by atoms with Gasteiger partial charge in [0.2, 0.25) is 0 Å². The van der Waals surface area contributed by atoms with Crippen molar-refractivity contribution in [1.82, 2.24) is 10.2 Å². The quantitative estimate of drug-likeness (QED) is 0.605. The molecular weight excluding hydrogens is 148 g/mol. The van der Waals surface area contributed by atoms with E-state index in [1.807, 2.05) is 7.05 Å². The van der Waals surface area contributed by atoms with Crippen LogP contribution >= 0.6 is 0 Å². The van der Waals surface area contributed by atoms with Gasteiger partial charge in [-0.1, -0.05) is 19.1 Å². The Morgan fingerprint density at radius 3 is 2.67 bits per heavy atom. The van der Waals surface area contributed by atoms with E-state index in [0.29, 0.717) is 0 Å². The topological polar surface area (TPSA) is 15.3 Å². The maximum absolute atomic E-state index is 3.18. The van der Waals surface area contributed by atoms with E-state index in [2.05, 4.69) is 43.3 Å². The molecule has 0 aromatic carbocycles. The standard InChI is InChI=1S/C10H22N2/c1-5-6-7-12(4)9-10(2)8-11-3/h5-6,10-11H,7-9H2,1-4H3/b6-5+. The molecule has 0 aromatic heterocycles. The van der Waals surface area contributed by atoms with Gasteiger partial charge in [0, 0.05) is 13.1 Å². The zero-order valence-electron chi connectivity index (χ0n) is 8.80. The van der Waals surface area contributed by atoms with E-state index < -0.39 is 0 Å². The number of likely N-dealkylation sites (N-methyl/N-ethyl adjacent to an activating group) is 1. The predicted octanol–water partition coefficient (Wildman–Crippen LogP) is 1.35. The normalized spacial score (nSPS) is 14.4. The molecule has 2 nitrogen and oxygen atoms in total. The van der Waals surface area contributed by atoms with Gasteiger partial charge in [0.25, 0.3) is 0 Å². The summed E-state index contributed by atoms with van der Waals surface area (Å²) in [6.07, 6.45) is 4.28. The molecule has 0 radical (unpaired) electrons. The third-order valence-corrected chi connectivity index (χ3v) is 1.83. The monoisotopic (exact) mass is 170 g/mol. The average molecular weight is 170 g/mol. The summed E-state index contributed by atoms with van der Waals surface area (Å²) in [7, 11) is 4.16. The summed E-state index contributed by atoms with van der Waals surface area (Å²) in [6, 6.07) is 0. The van der Waals surface area contributed by atoms with Crippen LogP contribution in [0.1, 0.15) is 13.8 Å². The number of hydrogen-bond acceptors (Lipinski definition) is 2. The molecule has 0 saturated carbocycles. The van der Waals surface area contributed by atoms with Crippen LogP contribution in [0.15, 0.2) is 12.2 Å². The lowest BCUT2D eigenvalue weighted by atomic mass is 10.1. The molecule has 0 aliphatic heterocycles. The van der Waals surface area contributed by atoms with Crippen LogP contribution in [0.3, 0.4) is 0 Å². The molecule has 72 valence electrons. The van der Waals surface area contributed by atoms with E-state index in [-0.39, 0.29) is 0 Å². The minimum Gasteiger partial charge on any atom is -0.319 e. The van der Waals surface area contributed by atoms with Crippen molar-refractivity contribution >= 4 is 0 Å². The van der Waals surface area contributed by atoms with Crippen molar-refractivity contribution in [2.75, 3.05) is 33.7 Å². The van der Waals surface area contributed by atoms with Crippen molar-refractivity contribution in [3.8, 4) is 0 Å². The first-order valence-electron chi connectivity index (χ1n) is 4.65. The lowest BCUT2D eigenvalue weighted by molar-refractivity contribution is 0.308. The van der Waals surface area contributed by atoms with Crippen molar-refractivity contribution in [3.63, 3.8) is 0 Å². The SMILES string of the molecule is C/C=C/CN(C)CC(C)CNC. The largest absolute Gasteiger partial charge is 0.319 e. The van der Waals surface area contributed by atoms with Crippen LogP contribution in [0.4, 0.5) is 0 Å². The van der Waals surface area contributed by atoms with Crippen LogP contribution in [0, 0.1) is 5.92 Å². The molecule has 1 unspecified atom stereocenters. The lowest BCUT2D eigenvalue weighted by Crippen LogP contribution is -2.29. The molecule has 1 atom stereocenters. The Balaban J connectivity index is 3.46. The Hall–Kier alpha value is -0.340. The predicted molar refractivity (Wildman–Crippen MR) is 55.4 cm³/mol. The van der Waals surface area contributed by atoms with Crippen LogP contribution in [0.25, 0.3) is 0 Å². The van der Waals surface area contributed by atoms with E-state index in [0.717, 1.165) is 25.6 Å². The van der Waals surface area contributed by atoms with Gasteiger partial charge in [-0.05, 0) is 33.5 Å². The Bertz CT molecular complexity index is 121. The Labute approximate surface area is 76.6 Å². The molecule has 0 bridgehead atoms. The van der Waals surface area contributed by atoms with Crippen LogP contribution in [0.5, 0.6) is 0 Å². The Morgan fingerprint density at radius 1 is 1.50 bits per heavy atom. The fraction of sp³-hybridized carbons (Fsp3) is 0.800. The van der Waals surface area contributed by atoms with Gasteiger partial charge < -0.3 is 10.2 Å². The maximum Gasteiger partial charge on any atom is 0.0160 e. The van der Waals surface area contributed by atoms with Crippen molar-refractivity contribution in [2.45, 2.75) is 13.8 Å². The average Bonchev–Trinajstić information content (AvgIpc) is 2.01. The zero-order chi connectivity index (χ0) is 9.40. The summed E-state index contributed by atoms with van der Waals surface area (Å²) in [5, 5.41) is 3.18. The molecule has 0 heterocycles. The molecular formula is C10H22N2. The molecule has 12 heavy (non-hydrogen) atoms. The number of nitrogens with one attached hydrogen (secondary N) is 1. The van der Waals surface area contributed by atoms with Crippen molar-refractivity contribution in [3.05, 3.63) is 12.2 Å². The van der Waals surface area contributed by atoms with Crippen LogP contribution < -0.4 is 5.32 Å². The third kappa shape index (κ3) is 6.38. The highest BCUT2D eigenvalue weighted by Crippen LogP contribution is 1.95. The van der Waals surface area contributed by atoms with E-state index in [9.17, 15) is 0 Å². The second-order valence-electron chi connectivity index (χ2n) is 3.45. The van der Waals surface area contributed by atoms with Gasteiger partial charge in [-0.15, -0.1) is 0 Å². The summed E-state index contributed by atoms with van der Waals surface area (Å²) in [4.78, 5) is 2.34. The summed E-state index contributed by atoms with van der Waals surface area (Å²) in [5.74, 6) is 0.727. The second-order valence-corrected chi connectivity index (χ2v) is 3.45. The van der Waals surface area contributed by atoms with E-state index in [4.69, 9.17) is 0 Å². The number of rotatable bonds is 6. The molecule has 2 heteroatoms. The minimum absolute atomic E-state index is 0.727. The molecule has 0 fully saturated rings. The molecule has 0 amide bonds. The van der Waals surface area contributed by atoms with Crippen LogP contribution in [0.2, 0.25) is 0 Å². The first-order valence-corrected chi connectivity index (χ1v) is 4.65. The highest BCUT2D eigenvalue weighted by Gasteiger charge is 2.02. The first kappa shape index (κ1) is 11.7. The first-order chi connectivity index (χ1) is 5.70. The molecule has 0 rings (SSSR count). The fourth-order valence-corrected chi connectivity index (χ4v) is 1.30. The molecule has 0 spiro atoms. The molecule has 1 N–H and O–H groups in total. The molecule has 0 saturated heterocycles. The van der Waals surface area contributed by atoms with Gasteiger partial charge in [-0.25, -0.2) is 0 Å². The van der Waals surface area contributed by atoms with Gasteiger partial charge in [-0.2, -0.15) is 0 Å². The van der Waals surface area contributed by atoms with E-state index in [1.54, 1.807) is 0 Å². The van der Waals surface area contributed by atoms with Crippen molar-refractivity contribution in [2.24, 2.45) is 5.92 Å². The molecule has 0 aliphatic carbocycles. The highest BCUT2D eigenvalue weighted by atomic mass is 15.1. The fourth-order valence-electron chi connectivity index (χ4n) is 1.30. The Kier molecular flexibility index (Phi) is 7.11. The maximum atomic E-state index is 3.18. The van der Waals surface area contributed by atoms with Crippen molar-refractivity contribution in [1.29, 1.82) is 0 Å². The minimum atomic E-state index is 0.727. The van der Waals surface area contributed by atoms with Crippen molar-refractivity contribution < 1.29 is 0 Å². The third-order valence-electron chi connectivity index (χ3n) is 1.83. The number of allylic oxidation sites excluding steroid dienone is 1. The van der Waals surface area contributed by atoms with Crippen LogP contribution in [-0.4, -0.2) is 38.6 Å². The van der Waals surface area contributed by atoms with E-state index in [1.165, 1.54) is 0 Å². The van der Waals surface area contributed by atoms with Gasteiger partial charge in [0.05, 0.1) is 0 Å². The summed E-state index contributed by atoms with van der Waals surface area (Å²) in [6.45, 7) is 7.64. The number of nitrogens with zero attached hydrogens (tertiary/aromatic N) is 1. The Morgan fingerprint density at radius 2 is 2.17 bits per heavy atom. The van der Waals surface area contributed by atoms with Gasteiger partial charge in [0.15, 0.2) is 0 Å². The number of hydrogen-bond donors (Lipinski definition) is 1. The second kappa shape index (κ2) is 7.32. The highest BCUT2D eigenvalue weighted by molar-refractivity contribution is 4.80.